The van der Waals surface area contributed by atoms with Crippen LogP contribution in [0.5, 0.6) is 0 Å². The molecule has 5 nitrogen and oxygen atoms in total. The second-order valence-electron chi connectivity index (χ2n) is 4.42. The molecule has 1 amide bonds. The Labute approximate surface area is 107 Å². The van der Waals surface area contributed by atoms with E-state index in [9.17, 15) is 13.2 Å². The molecule has 0 saturated carbocycles. The van der Waals surface area contributed by atoms with Crippen molar-refractivity contribution in [2.75, 3.05) is 19.8 Å². The van der Waals surface area contributed by atoms with Gasteiger partial charge in [-0.25, -0.2) is 8.42 Å². The molecule has 1 saturated heterocycles. The van der Waals surface area contributed by atoms with Crippen molar-refractivity contribution in [1.82, 2.24) is 9.21 Å². The monoisotopic (exact) mass is 268 g/mol. The van der Waals surface area contributed by atoms with Crippen LogP contribution in [0.15, 0.2) is 29.2 Å². The van der Waals surface area contributed by atoms with Crippen molar-refractivity contribution >= 4 is 15.9 Å². The molecule has 1 aliphatic rings. The predicted octanol–water partition coefficient (Wildman–Crippen LogP) is 0.805. The molecule has 0 N–H and O–H groups in total. The van der Waals surface area contributed by atoms with Crippen LogP contribution in [0, 0.1) is 6.92 Å². The fourth-order valence-corrected chi connectivity index (χ4v) is 3.44. The number of rotatable bonds is 2. The van der Waals surface area contributed by atoms with E-state index in [4.69, 9.17) is 0 Å². The molecular formula is C12H16N2O3S. The van der Waals surface area contributed by atoms with Gasteiger partial charge in [0.15, 0.2) is 0 Å². The third-order valence-electron chi connectivity index (χ3n) is 3.02. The van der Waals surface area contributed by atoms with Crippen LogP contribution >= 0.6 is 0 Å². The van der Waals surface area contributed by atoms with Gasteiger partial charge in [0, 0.05) is 20.0 Å². The van der Waals surface area contributed by atoms with Gasteiger partial charge in [-0.3, -0.25) is 4.79 Å². The van der Waals surface area contributed by atoms with E-state index in [1.807, 2.05) is 13.0 Å². The van der Waals surface area contributed by atoms with Crippen LogP contribution < -0.4 is 0 Å². The second-order valence-corrected chi connectivity index (χ2v) is 6.36. The molecule has 0 aromatic heterocycles. The summed E-state index contributed by atoms with van der Waals surface area (Å²) in [6.07, 6.45) is 0. The number of carbonyl (C=O) groups excluding carboxylic acids is 1. The topological polar surface area (TPSA) is 57.7 Å². The van der Waals surface area contributed by atoms with E-state index in [1.54, 1.807) is 18.2 Å². The Kier molecular flexibility index (Phi) is 3.41. The number of amides is 1. The van der Waals surface area contributed by atoms with Gasteiger partial charge < -0.3 is 4.90 Å². The Morgan fingerprint density at radius 1 is 1.28 bits per heavy atom. The van der Waals surface area contributed by atoms with Crippen LogP contribution in [0.3, 0.4) is 0 Å². The summed E-state index contributed by atoms with van der Waals surface area (Å²) >= 11 is 0. The SMILES string of the molecule is CC(=O)N1CCN(S(=O)(=O)c2cccc(C)c2)C1. The maximum atomic E-state index is 12.3. The van der Waals surface area contributed by atoms with Crippen LogP contribution in [0.25, 0.3) is 0 Å². The normalized spacial score (nSPS) is 17.1. The largest absolute Gasteiger partial charge is 0.328 e. The Morgan fingerprint density at radius 2 is 2.00 bits per heavy atom. The van der Waals surface area contributed by atoms with Gasteiger partial charge in [-0.15, -0.1) is 0 Å². The number of aryl methyl sites for hydroxylation is 1. The predicted molar refractivity (Wildman–Crippen MR) is 67.3 cm³/mol. The van der Waals surface area contributed by atoms with Gasteiger partial charge in [-0.05, 0) is 24.6 Å². The third-order valence-corrected chi connectivity index (χ3v) is 4.85. The fraction of sp³-hybridized carbons (Fsp3) is 0.417. The summed E-state index contributed by atoms with van der Waals surface area (Å²) in [5.74, 6) is -0.100. The number of hydrogen-bond donors (Lipinski definition) is 0. The molecular weight excluding hydrogens is 252 g/mol. The molecule has 98 valence electrons. The summed E-state index contributed by atoms with van der Waals surface area (Å²) in [6, 6.07) is 6.80. The maximum Gasteiger partial charge on any atom is 0.244 e. The highest BCUT2D eigenvalue weighted by Gasteiger charge is 2.32. The first-order valence-corrected chi connectivity index (χ1v) is 7.17. The lowest BCUT2D eigenvalue weighted by molar-refractivity contribution is -0.128. The van der Waals surface area contributed by atoms with E-state index < -0.39 is 10.0 Å². The van der Waals surface area contributed by atoms with E-state index in [-0.39, 0.29) is 17.5 Å². The van der Waals surface area contributed by atoms with Gasteiger partial charge in [0.2, 0.25) is 15.9 Å². The summed E-state index contributed by atoms with van der Waals surface area (Å²) in [4.78, 5) is 13.0. The molecule has 6 heteroatoms. The minimum absolute atomic E-state index is 0.100. The highest BCUT2D eigenvalue weighted by atomic mass is 32.2. The van der Waals surface area contributed by atoms with Gasteiger partial charge in [0.05, 0.1) is 11.6 Å². The average Bonchev–Trinajstić information content (AvgIpc) is 2.79. The van der Waals surface area contributed by atoms with Gasteiger partial charge in [0.1, 0.15) is 0 Å². The van der Waals surface area contributed by atoms with E-state index in [1.165, 1.54) is 16.1 Å². The van der Waals surface area contributed by atoms with Crippen molar-refractivity contribution in [2.45, 2.75) is 18.7 Å². The van der Waals surface area contributed by atoms with E-state index in [0.29, 0.717) is 13.1 Å². The summed E-state index contributed by atoms with van der Waals surface area (Å²) in [5, 5.41) is 0. The molecule has 1 aromatic rings. The number of nitrogens with zero attached hydrogens (tertiary/aromatic N) is 2. The van der Waals surface area contributed by atoms with Crippen molar-refractivity contribution in [2.24, 2.45) is 0 Å². The molecule has 0 spiro atoms. The van der Waals surface area contributed by atoms with Crippen molar-refractivity contribution in [3.05, 3.63) is 29.8 Å². The summed E-state index contributed by atoms with van der Waals surface area (Å²) < 4.78 is 26.0. The van der Waals surface area contributed by atoms with Crippen LogP contribution in [0.1, 0.15) is 12.5 Å². The molecule has 18 heavy (non-hydrogen) atoms. The number of carbonyl (C=O) groups is 1. The number of hydrogen-bond acceptors (Lipinski definition) is 3. The molecule has 1 aliphatic heterocycles. The third kappa shape index (κ3) is 2.39. The average molecular weight is 268 g/mol. The van der Waals surface area contributed by atoms with E-state index >= 15 is 0 Å². The molecule has 1 aromatic carbocycles. The van der Waals surface area contributed by atoms with Gasteiger partial charge in [-0.1, -0.05) is 12.1 Å². The zero-order valence-electron chi connectivity index (χ0n) is 10.5. The van der Waals surface area contributed by atoms with Gasteiger partial charge in [0.25, 0.3) is 0 Å². The standard InChI is InChI=1S/C12H16N2O3S/c1-10-4-3-5-12(8-10)18(16,17)14-7-6-13(9-14)11(2)15/h3-5,8H,6-7,9H2,1-2H3. The second kappa shape index (κ2) is 4.70. The quantitative estimate of drug-likeness (QED) is 0.797. The summed E-state index contributed by atoms with van der Waals surface area (Å²) in [5.41, 5.74) is 0.902. The maximum absolute atomic E-state index is 12.3. The lowest BCUT2D eigenvalue weighted by Gasteiger charge is -2.17. The van der Waals surface area contributed by atoms with Crippen molar-refractivity contribution in [3.63, 3.8) is 0 Å². The van der Waals surface area contributed by atoms with Gasteiger partial charge in [-0.2, -0.15) is 4.31 Å². The van der Waals surface area contributed by atoms with Crippen LogP contribution in [-0.2, 0) is 14.8 Å². The zero-order chi connectivity index (χ0) is 13.3. The molecule has 1 heterocycles. The zero-order valence-corrected chi connectivity index (χ0v) is 11.3. The smallest absolute Gasteiger partial charge is 0.244 e. The number of sulfonamides is 1. The first-order chi connectivity index (χ1) is 8.41. The summed E-state index contributed by atoms with van der Waals surface area (Å²) in [6.45, 7) is 4.26. The minimum atomic E-state index is -3.49. The number of benzene rings is 1. The van der Waals surface area contributed by atoms with Crippen LogP contribution in [-0.4, -0.2) is 43.3 Å². The van der Waals surface area contributed by atoms with E-state index in [2.05, 4.69) is 0 Å². The molecule has 0 bridgehead atoms. The Hall–Kier alpha value is -1.40. The highest BCUT2D eigenvalue weighted by molar-refractivity contribution is 7.89. The van der Waals surface area contributed by atoms with Crippen molar-refractivity contribution < 1.29 is 13.2 Å². The van der Waals surface area contributed by atoms with Crippen LogP contribution in [0.4, 0.5) is 0 Å². The van der Waals surface area contributed by atoms with E-state index in [0.717, 1.165) is 5.56 Å². The van der Waals surface area contributed by atoms with Crippen molar-refractivity contribution in [1.29, 1.82) is 0 Å². The molecule has 0 unspecified atom stereocenters. The minimum Gasteiger partial charge on any atom is -0.328 e. The molecule has 1 fully saturated rings. The first kappa shape index (κ1) is 13.0. The Balaban J connectivity index is 2.25. The fourth-order valence-electron chi connectivity index (χ4n) is 1.94. The molecule has 0 radical (unpaired) electrons. The Bertz CT molecular complexity index is 568. The molecule has 0 atom stereocenters. The summed E-state index contributed by atoms with van der Waals surface area (Å²) in [7, 11) is -3.49. The molecule has 0 aliphatic carbocycles. The van der Waals surface area contributed by atoms with Gasteiger partial charge >= 0.3 is 0 Å². The lowest BCUT2D eigenvalue weighted by Crippen LogP contribution is -2.32. The molecule has 2 rings (SSSR count). The van der Waals surface area contributed by atoms with Crippen molar-refractivity contribution in [3.8, 4) is 0 Å². The van der Waals surface area contributed by atoms with Crippen LogP contribution in [0.2, 0.25) is 0 Å². The highest BCUT2D eigenvalue weighted by Crippen LogP contribution is 2.20. The first-order valence-electron chi connectivity index (χ1n) is 5.73. The Morgan fingerprint density at radius 3 is 2.56 bits per heavy atom. The lowest BCUT2D eigenvalue weighted by atomic mass is 10.2.